The lowest BCUT2D eigenvalue weighted by Gasteiger charge is -2.17. The van der Waals surface area contributed by atoms with E-state index >= 15 is 0 Å². The number of anilines is 1. The number of hydrogen-bond acceptors (Lipinski definition) is 3. The molecule has 0 radical (unpaired) electrons. The van der Waals surface area contributed by atoms with Crippen LogP contribution < -0.4 is 5.32 Å². The van der Waals surface area contributed by atoms with Crippen molar-refractivity contribution >= 4 is 11.7 Å². The van der Waals surface area contributed by atoms with Crippen molar-refractivity contribution in [1.29, 1.82) is 0 Å². The smallest absolute Gasteiger partial charge is 0.254 e. The Bertz CT molecular complexity index is 347. The van der Waals surface area contributed by atoms with Crippen LogP contribution in [0.1, 0.15) is 31.1 Å². The van der Waals surface area contributed by atoms with E-state index in [9.17, 15) is 4.79 Å². The normalized spacial score (nSPS) is 11.5. The first-order valence-corrected chi connectivity index (χ1v) is 4.65. The largest absolute Gasteiger partial charge is 0.373 e. The molecule has 78 valence electrons. The molecule has 1 rings (SSSR count). The second-order valence-electron chi connectivity index (χ2n) is 4.39. The van der Waals surface area contributed by atoms with Crippen molar-refractivity contribution in [3.63, 3.8) is 0 Å². The summed E-state index contributed by atoms with van der Waals surface area (Å²) in [4.78, 5) is 11.9. The van der Waals surface area contributed by atoms with Crippen LogP contribution in [0.3, 0.4) is 0 Å². The molecule has 0 aliphatic carbocycles. The van der Waals surface area contributed by atoms with Gasteiger partial charge in [0.15, 0.2) is 0 Å². The predicted octanol–water partition coefficient (Wildman–Crippen LogP) is 1.92. The summed E-state index contributed by atoms with van der Waals surface area (Å²) in [6.07, 6.45) is 1.69. The molecule has 0 saturated carbocycles. The molecular formula is C10H17N3O. The molecule has 0 amide bonds. The number of carbonyl (C=O) groups excluding carboxylic acids is 1. The molecular weight excluding hydrogens is 178 g/mol. The number of aryl methyl sites for hydroxylation is 1. The van der Waals surface area contributed by atoms with Gasteiger partial charge in [0.25, 0.3) is 5.91 Å². The molecule has 0 bridgehead atoms. The van der Waals surface area contributed by atoms with Crippen LogP contribution in [0.2, 0.25) is 0 Å². The van der Waals surface area contributed by atoms with Crippen LogP contribution in [-0.2, 0) is 0 Å². The molecule has 0 aliphatic rings. The van der Waals surface area contributed by atoms with Crippen molar-refractivity contribution in [3.05, 3.63) is 11.8 Å². The number of carbonyl (C=O) groups is 1. The fraction of sp³-hybridized carbons (Fsp3) is 0.600. The molecule has 0 aromatic carbocycles. The molecule has 0 saturated heterocycles. The molecule has 1 N–H and O–H groups in total. The molecule has 0 spiro atoms. The van der Waals surface area contributed by atoms with Gasteiger partial charge in [-0.2, -0.15) is 9.78 Å². The minimum Gasteiger partial charge on any atom is -0.373 e. The minimum atomic E-state index is -0.413. The molecule has 1 aromatic heterocycles. The van der Waals surface area contributed by atoms with E-state index in [4.69, 9.17) is 0 Å². The molecule has 14 heavy (non-hydrogen) atoms. The van der Waals surface area contributed by atoms with Gasteiger partial charge in [0.1, 0.15) is 5.82 Å². The van der Waals surface area contributed by atoms with Crippen LogP contribution in [0.5, 0.6) is 0 Å². The third kappa shape index (κ3) is 1.78. The lowest BCUT2D eigenvalue weighted by molar-refractivity contribution is 0.0752. The van der Waals surface area contributed by atoms with Crippen LogP contribution >= 0.6 is 0 Å². The summed E-state index contributed by atoms with van der Waals surface area (Å²) in [5, 5.41) is 7.03. The van der Waals surface area contributed by atoms with E-state index in [1.807, 2.05) is 27.7 Å². The first-order chi connectivity index (χ1) is 6.38. The number of rotatable bonds is 1. The molecule has 4 heteroatoms. The van der Waals surface area contributed by atoms with Crippen LogP contribution in [0.15, 0.2) is 6.20 Å². The van der Waals surface area contributed by atoms with Gasteiger partial charge in [0.2, 0.25) is 0 Å². The van der Waals surface area contributed by atoms with Gasteiger partial charge in [0.05, 0.1) is 6.20 Å². The van der Waals surface area contributed by atoms with Crippen molar-refractivity contribution in [2.75, 3.05) is 12.4 Å². The van der Waals surface area contributed by atoms with Gasteiger partial charge < -0.3 is 5.32 Å². The highest BCUT2D eigenvalue weighted by Crippen LogP contribution is 2.21. The fourth-order valence-electron chi connectivity index (χ4n) is 1.21. The minimum absolute atomic E-state index is 0.00468. The first-order valence-electron chi connectivity index (χ1n) is 4.65. The number of nitrogens with one attached hydrogen (secondary N) is 1. The highest BCUT2D eigenvalue weighted by atomic mass is 16.2. The number of nitrogens with zero attached hydrogens (tertiary/aromatic N) is 2. The Morgan fingerprint density at radius 3 is 2.50 bits per heavy atom. The third-order valence-corrected chi connectivity index (χ3v) is 2.02. The summed E-state index contributed by atoms with van der Waals surface area (Å²) in [7, 11) is 1.79. The zero-order valence-electron chi connectivity index (χ0n) is 9.38. The fourth-order valence-corrected chi connectivity index (χ4v) is 1.21. The standard InChI is InChI=1S/C10H17N3O/c1-7-6-12-13(8(7)11-5)9(14)10(2,3)4/h6,11H,1-5H3. The summed E-state index contributed by atoms with van der Waals surface area (Å²) in [6, 6.07) is 0. The van der Waals surface area contributed by atoms with E-state index in [0.717, 1.165) is 11.4 Å². The zero-order chi connectivity index (χ0) is 10.9. The van der Waals surface area contributed by atoms with Gasteiger partial charge in [-0.25, -0.2) is 0 Å². The average Bonchev–Trinajstić information content (AvgIpc) is 2.43. The molecule has 1 aromatic rings. The van der Waals surface area contributed by atoms with E-state index in [1.165, 1.54) is 4.68 Å². The Morgan fingerprint density at radius 2 is 2.07 bits per heavy atom. The van der Waals surface area contributed by atoms with E-state index < -0.39 is 5.41 Å². The molecule has 4 nitrogen and oxygen atoms in total. The van der Waals surface area contributed by atoms with Crippen LogP contribution in [0.4, 0.5) is 5.82 Å². The van der Waals surface area contributed by atoms with Crippen molar-refractivity contribution in [2.45, 2.75) is 27.7 Å². The summed E-state index contributed by atoms with van der Waals surface area (Å²) in [5.41, 5.74) is 0.564. The van der Waals surface area contributed by atoms with Gasteiger partial charge in [-0.15, -0.1) is 0 Å². The number of hydrogen-bond donors (Lipinski definition) is 1. The van der Waals surface area contributed by atoms with Gasteiger partial charge in [0, 0.05) is 18.0 Å². The maximum absolute atomic E-state index is 11.9. The lowest BCUT2D eigenvalue weighted by atomic mass is 9.96. The summed E-state index contributed by atoms with van der Waals surface area (Å²) in [6.45, 7) is 7.56. The summed E-state index contributed by atoms with van der Waals surface area (Å²) in [5.74, 6) is 0.764. The Labute approximate surface area is 84.3 Å². The highest BCUT2D eigenvalue weighted by Gasteiger charge is 2.26. The van der Waals surface area contributed by atoms with Crippen LogP contribution in [0, 0.1) is 12.3 Å². The SMILES string of the molecule is CNc1c(C)cnn1C(=O)C(C)(C)C. The van der Waals surface area contributed by atoms with Crippen molar-refractivity contribution in [2.24, 2.45) is 5.41 Å². The topological polar surface area (TPSA) is 46.9 Å². The average molecular weight is 195 g/mol. The molecule has 0 atom stereocenters. The van der Waals surface area contributed by atoms with Gasteiger partial charge in [-0.1, -0.05) is 20.8 Å². The van der Waals surface area contributed by atoms with Crippen LogP contribution in [0.25, 0.3) is 0 Å². The van der Waals surface area contributed by atoms with Crippen molar-refractivity contribution < 1.29 is 4.79 Å². The maximum atomic E-state index is 11.9. The van der Waals surface area contributed by atoms with E-state index in [1.54, 1.807) is 13.2 Å². The monoisotopic (exact) mass is 195 g/mol. The second kappa shape index (κ2) is 3.44. The Kier molecular flexibility index (Phi) is 2.64. The van der Waals surface area contributed by atoms with Gasteiger partial charge in [-0.3, -0.25) is 4.79 Å². The quantitative estimate of drug-likeness (QED) is 0.744. The van der Waals surface area contributed by atoms with E-state index in [-0.39, 0.29) is 5.91 Å². The maximum Gasteiger partial charge on any atom is 0.254 e. The van der Waals surface area contributed by atoms with Gasteiger partial charge in [-0.05, 0) is 6.92 Å². The first kappa shape index (κ1) is 10.8. The second-order valence-corrected chi connectivity index (χ2v) is 4.39. The van der Waals surface area contributed by atoms with Crippen molar-refractivity contribution in [1.82, 2.24) is 9.78 Å². The Balaban J connectivity index is 3.14. The zero-order valence-corrected chi connectivity index (χ0v) is 9.38. The predicted molar refractivity (Wildman–Crippen MR) is 56.6 cm³/mol. The summed E-state index contributed by atoms with van der Waals surface area (Å²) >= 11 is 0. The summed E-state index contributed by atoms with van der Waals surface area (Å²) < 4.78 is 1.43. The van der Waals surface area contributed by atoms with Crippen molar-refractivity contribution in [3.8, 4) is 0 Å². The third-order valence-electron chi connectivity index (χ3n) is 2.02. The molecule has 0 unspecified atom stereocenters. The van der Waals surface area contributed by atoms with Crippen LogP contribution in [-0.4, -0.2) is 22.7 Å². The Hall–Kier alpha value is -1.32. The molecule has 0 aliphatic heterocycles. The number of aromatic nitrogens is 2. The highest BCUT2D eigenvalue weighted by molar-refractivity contribution is 5.86. The lowest BCUT2D eigenvalue weighted by Crippen LogP contribution is -2.28. The van der Waals surface area contributed by atoms with Gasteiger partial charge >= 0.3 is 0 Å². The van der Waals surface area contributed by atoms with E-state index in [0.29, 0.717) is 0 Å². The molecule has 1 heterocycles. The molecule has 0 fully saturated rings. The Morgan fingerprint density at radius 1 is 1.50 bits per heavy atom. The van der Waals surface area contributed by atoms with E-state index in [2.05, 4.69) is 10.4 Å².